The van der Waals surface area contributed by atoms with Crippen LogP contribution in [0.4, 0.5) is 0 Å². The summed E-state index contributed by atoms with van der Waals surface area (Å²) < 4.78 is 7.61. The van der Waals surface area contributed by atoms with Crippen molar-refractivity contribution in [2.45, 2.75) is 31.8 Å². The van der Waals surface area contributed by atoms with Crippen molar-refractivity contribution in [1.82, 2.24) is 25.0 Å². The summed E-state index contributed by atoms with van der Waals surface area (Å²) in [7, 11) is 1.96. The van der Waals surface area contributed by atoms with Crippen LogP contribution >= 0.6 is 0 Å². The van der Waals surface area contributed by atoms with E-state index < -0.39 is 0 Å². The summed E-state index contributed by atoms with van der Waals surface area (Å²) >= 11 is 0. The second kappa shape index (κ2) is 8.50. The molecule has 6 heteroatoms. The summed E-state index contributed by atoms with van der Waals surface area (Å²) in [6, 6.07) is 8.35. The normalized spacial score (nSPS) is 16.5. The first-order valence-corrected chi connectivity index (χ1v) is 9.72. The van der Waals surface area contributed by atoms with Gasteiger partial charge in [-0.15, -0.1) is 0 Å². The topological polar surface area (TPSA) is 59.1 Å². The quantitative estimate of drug-likeness (QED) is 0.695. The molecule has 142 valence electrons. The maximum atomic E-state index is 5.74. The van der Waals surface area contributed by atoms with Crippen molar-refractivity contribution in [3.05, 3.63) is 60.4 Å². The third-order valence-electron chi connectivity index (χ3n) is 5.20. The van der Waals surface area contributed by atoms with Crippen LogP contribution in [0.3, 0.4) is 0 Å². The number of hydrogen-bond donors (Lipinski definition) is 1. The van der Waals surface area contributed by atoms with E-state index in [-0.39, 0.29) is 6.04 Å². The number of furan rings is 1. The molecule has 0 aromatic carbocycles. The molecule has 1 unspecified atom stereocenters. The summed E-state index contributed by atoms with van der Waals surface area (Å²) in [5.41, 5.74) is 3.22. The smallest absolute Gasteiger partial charge is 0.122 e. The summed E-state index contributed by atoms with van der Waals surface area (Å²) in [6.45, 7) is 3.90. The summed E-state index contributed by atoms with van der Waals surface area (Å²) in [6.07, 6.45) is 11.4. The van der Waals surface area contributed by atoms with E-state index in [1.165, 1.54) is 24.8 Å². The fraction of sp³-hybridized carbons (Fsp3) is 0.429. The number of aryl methyl sites for hydroxylation is 1. The van der Waals surface area contributed by atoms with Gasteiger partial charge in [-0.05, 0) is 50.2 Å². The lowest BCUT2D eigenvalue weighted by atomic mass is 10.1. The molecule has 1 saturated heterocycles. The Balaban J connectivity index is 1.45. The molecule has 1 N–H and O–H groups in total. The molecule has 4 rings (SSSR count). The number of likely N-dealkylation sites (tertiary alicyclic amines) is 1. The Labute approximate surface area is 160 Å². The number of rotatable bonds is 7. The van der Waals surface area contributed by atoms with Gasteiger partial charge in [0.25, 0.3) is 0 Å². The highest BCUT2D eigenvalue weighted by Gasteiger charge is 2.24. The van der Waals surface area contributed by atoms with Crippen molar-refractivity contribution in [2.75, 3.05) is 19.6 Å². The third kappa shape index (κ3) is 4.28. The standard InChI is InChI=1S/C21H27N5O/c1-25-16-18(21(24-25)17-7-5-9-22-13-17)14-23-15-19(20-8-6-12-27-20)26-10-3-2-4-11-26/h5-9,12-13,16,19,23H,2-4,10-11,14-15H2,1H3. The van der Waals surface area contributed by atoms with E-state index in [1.807, 2.05) is 30.1 Å². The van der Waals surface area contributed by atoms with Crippen molar-refractivity contribution >= 4 is 0 Å². The average molecular weight is 365 g/mol. The van der Waals surface area contributed by atoms with Crippen LogP contribution in [-0.2, 0) is 13.6 Å². The fourth-order valence-electron chi connectivity index (χ4n) is 3.88. The number of piperidine rings is 1. The molecule has 4 heterocycles. The van der Waals surface area contributed by atoms with Crippen LogP contribution in [0.25, 0.3) is 11.3 Å². The zero-order valence-electron chi connectivity index (χ0n) is 15.8. The predicted octanol–water partition coefficient (Wildman–Crippen LogP) is 3.39. The molecule has 1 aliphatic rings. The molecule has 1 aliphatic heterocycles. The lowest BCUT2D eigenvalue weighted by molar-refractivity contribution is 0.142. The number of aromatic nitrogens is 3. The Morgan fingerprint density at radius 3 is 2.81 bits per heavy atom. The van der Waals surface area contributed by atoms with Crippen LogP contribution in [0.2, 0.25) is 0 Å². The highest BCUT2D eigenvalue weighted by atomic mass is 16.3. The van der Waals surface area contributed by atoms with Gasteiger partial charge in [0.15, 0.2) is 0 Å². The molecule has 27 heavy (non-hydrogen) atoms. The summed E-state index contributed by atoms with van der Waals surface area (Å²) in [5, 5.41) is 8.26. The third-order valence-corrected chi connectivity index (χ3v) is 5.20. The second-order valence-electron chi connectivity index (χ2n) is 7.18. The zero-order chi connectivity index (χ0) is 18.5. The first-order valence-electron chi connectivity index (χ1n) is 9.72. The number of hydrogen-bond acceptors (Lipinski definition) is 5. The van der Waals surface area contributed by atoms with Crippen LogP contribution in [0.1, 0.15) is 36.6 Å². The maximum Gasteiger partial charge on any atom is 0.122 e. The minimum atomic E-state index is 0.277. The average Bonchev–Trinajstić information content (AvgIpc) is 3.36. The SMILES string of the molecule is Cn1cc(CNCC(c2ccco2)N2CCCCC2)c(-c2cccnc2)n1. The molecule has 0 saturated carbocycles. The van der Waals surface area contributed by atoms with Crippen LogP contribution < -0.4 is 5.32 Å². The van der Waals surface area contributed by atoms with Gasteiger partial charge in [0.05, 0.1) is 18.0 Å². The Morgan fingerprint density at radius 1 is 1.19 bits per heavy atom. The zero-order valence-corrected chi connectivity index (χ0v) is 15.8. The monoisotopic (exact) mass is 365 g/mol. The van der Waals surface area contributed by atoms with Gasteiger partial charge in [0, 0.05) is 49.9 Å². The number of pyridine rings is 1. The molecule has 0 radical (unpaired) electrons. The molecule has 0 bridgehead atoms. The Morgan fingerprint density at radius 2 is 2.07 bits per heavy atom. The molecule has 3 aromatic rings. The molecular formula is C21H27N5O. The van der Waals surface area contributed by atoms with E-state index >= 15 is 0 Å². The van der Waals surface area contributed by atoms with Gasteiger partial charge >= 0.3 is 0 Å². The molecule has 0 aliphatic carbocycles. The lowest BCUT2D eigenvalue weighted by Crippen LogP contribution is -2.38. The molecule has 3 aromatic heterocycles. The summed E-state index contributed by atoms with van der Waals surface area (Å²) in [5.74, 6) is 1.04. The second-order valence-corrected chi connectivity index (χ2v) is 7.18. The Kier molecular flexibility index (Phi) is 5.65. The van der Waals surface area contributed by atoms with Crippen molar-refractivity contribution in [3.63, 3.8) is 0 Å². The van der Waals surface area contributed by atoms with Crippen molar-refractivity contribution in [1.29, 1.82) is 0 Å². The van der Waals surface area contributed by atoms with Gasteiger partial charge < -0.3 is 9.73 Å². The van der Waals surface area contributed by atoms with Crippen molar-refractivity contribution in [3.8, 4) is 11.3 Å². The van der Waals surface area contributed by atoms with E-state index in [1.54, 1.807) is 12.5 Å². The molecule has 0 spiro atoms. The molecule has 1 atom stereocenters. The largest absolute Gasteiger partial charge is 0.468 e. The minimum absolute atomic E-state index is 0.277. The maximum absolute atomic E-state index is 5.74. The van der Waals surface area contributed by atoms with Gasteiger partial charge in [-0.1, -0.05) is 6.42 Å². The highest BCUT2D eigenvalue weighted by Crippen LogP contribution is 2.25. The molecule has 1 fully saturated rings. The predicted molar refractivity (Wildman–Crippen MR) is 105 cm³/mol. The van der Waals surface area contributed by atoms with E-state index in [2.05, 4.69) is 38.6 Å². The Bertz CT molecular complexity index is 822. The van der Waals surface area contributed by atoms with E-state index in [0.717, 1.165) is 43.2 Å². The van der Waals surface area contributed by atoms with Crippen LogP contribution in [0, 0.1) is 0 Å². The van der Waals surface area contributed by atoms with Crippen molar-refractivity contribution < 1.29 is 4.42 Å². The van der Waals surface area contributed by atoms with Gasteiger partial charge in [-0.3, -0.25) is 14.6 Å². The first kappa shape index (κ1) is 17.9. The number of nitrogens with zero attached hydrogens (tertiary/aromatic N) is 4. The summed E-state index contributed by atoms with van der Waals surface area (Å²) in [4.78, 5) is 6.77. The van der Waals surface area contributed by atoms with E-state index in [0.29, 0.717) is 0 Å². The van der Waals surface area contributed by atoms with Crippen LogP contribution in [0.5, 0.6) is 0 Å². The molecule has 0 amide bonds. The van der Waals surface area contributed by atoms with Crippen LogP contribution in [0.15, 0.2) is 53.5 Å². The van der Waals surface area contributed by atoms with Crippen molar-refractivity contribution in [2.24, 2.45) is 7.05 Å². The van der Waals surface area contributed by atoms with Gasteiger partial charge in [-0.2, -0.15) is 5.10 Å². The lowest BCUT2D eigenvalue weighted by Gasteiger charge is -2.33. The van der Waals surface area contributed by atoms with E-state index in [4.69, 9.17) is 4.42 Å². The van der Waals surface area contributed by atoms with Gasteiger partial charge in [0.1, 0.15) is 5.76 Å². The Hall–Kier alpha value is -2.44. The fourth-order valence-corrected chi connectivity index (χ4v) is 3.88. The van der Waals surface area contributed by atoms with Gasteiger partial charge in [0.2, 0.25) is 0 Å². The van der Waals surface area contributed by atoms with Gasteiger partial charge in [-0.25, -0.2) is 0 Å². The molecular weight excluding hydrogens is 338 g/mol. The highest BCUT2D eigenvalue weighted by molar-refractivity contribution is 5.61. The van der Waals surface area contributed by atoms with E-state index in [9.17, 15) is 0 Å². The molecule has 6 nitrogen and oxygen atoms in total. The first-order chi connectivity index (χ1) is 13.3. The minimum Gasteiger partial charge on any atom is -0.468 e. The number of nitrogens with one attached hydrogen (secondary N) is 1. The van der Waals surface area contributed by atoms with Crippen LogP contribution in [-0.4, -0.2) is 39.3 Å².